The fraction of sp³-hybridized carbons (Fsp3) is 0.571. The van der Waals surface area contributed by atoms with Gasteiger partial charge in [0.1, 0.15) is 12.4 Å². The predicted octanol–water partition coefficient (Wildman–Crippen LogP) is 2.25. The zero-order valence-electron chi connectivity index (χ0n) is 11.0. The first-order valence-electron chi connectivity index (χ1n) is 6.20. The maximum Gasteiger partial charge on any atom is 0.119 e. The van der Waals surface area contributed by atoms with Crippen molar-refractivity contribution in [1.82, 2.24) is 5.32 Å². The Morgan fingerprint density at radius 2 is 1.94 bits per heavy atom. The standard InChI is InChI=1S/C14H23NO2/c1-4-13-5-7-14(8-6-13)17-10-9-15-12(2)11-16-3/h5-8,12,15H,4,9-11H2,1-3H3. The highest BCUT2D eigenvalue weighted by Gasteiger charge is 1.99. The highest BCUT2D eigenvalue weighted by Crippen LogP contribution is 2.11. The Kier molecular flexibility index (Phi) is 6.67. The molecule has 1 N–H and O–H groups in total. The molecule has 0 saturated heterocycles. The van der Waals surface area contributed by atoms with E-state index in [2.05, 4.69) is 31.3 Å². The Bertz CT molecular complexity index is 298. The monoisotopic (exact) mass is 237 g/mol. The van der Waals surface area contributed by atoms with E-state index >= 15 is 0 Å². The van der Waals surface area contributed by atoms with Crippen molar-refractivity contribution in [2.24, 2.45) is 0 Å². The Labute approximate surface area is 104 Å². The molecule has 1 aromatic rings. The van der Waals surface area contributed by atoms with Crippen LogP contribution >= 0.6 is 0 Å². The van der Waals surface area contributed by atoms with Crippen molar-refractivity contribution in [2.45, 2.75) is 26.3 Å². The normalized spacial score (nSPS) is 12.4. The number of hydrogen-bond donors (Lipinski definition) is 1. The molecule has 0 radical (unpaired) electrons. The Morgan fingerprint density at radius 1 is 1.24 bits per heavy atom. The van der Waals surface area contributed by atoms with Gasteiger partial charge in [-0.05, 0) is 31.0 Å². The van der Waals surface area contributed by atoms with E-state index < -0.39 is 0 Å². The van der Waals surface area contributed by atoms with Gasteiger partial charge < -0.3 is 14.8 Å². The van der Waals surface area contributed by atoms with Gasteiger partial charge in [0.2, 0.25) is 0 Å². The summed E-state index contributed by atoms with van der Waals surface area (Å²) in [6.45, 7) is 6.49. The predicted molar refractivity (Wildman–Crippen MR) is 70.7 cm³/mol. The number of ether oxygens (including phenoxy) is 2. The molecule has 0 heterocycles. The number of hydrogen-bond acceptors (Lipinski definition) is 3. The van der Waals surface area contributed by atoms with Gasteiger partial charge in [0.15, 0.2) is 0 Å². The molecule has 0 bridgehead atoms. The van der Waals surface area contributed by atoms with E-state index in [0.717, 1.165) is 25.3 Å². The molecule has 1 atom stereocenters. The molecule has 3 nitrogen and oxygen atoms in total. The summed E-state index contributed by atoms with van der Waals surface area (Å²) in [4.78, 5) is 0. The van der Waals surface area contributed by atoms with E-state index in [1.807, 2.05) is 12.1 Å². The maximum atomic E-state index is 5.63. The maximum absolute atomic E-state index is 5.63. The first-order chi connectivity index (χ1) is 8.26. The molecular formula is C14H23NO2. The summed E-state index contributed by atoms with van der Waals surface area (Å²) in [5.41, 5.74) is 1.34. The van der Waals surface area contributed by atoms with Crippen molar-refractivity contribution in [2.75, 3.05) is 26.9 Å². The quantitative estimate of drug-likeness (QED) is 0.703. The average molecular weight is 237 g/mol. The van der Waals surface area contributed by atoms with Crippen LogP contribution in [0, 0.1) is 0 Å². The zero-order chi connectivity index (χ0) is 12.5. The molecule has 1 rings (SSSR count). The molecular weight excluding hydrogens is 214 g/mol. The van der Waals surface area contributed by atoms with Gasteiger partial charge in [0.25, 0.3) is 0 Å². The number of nitrogens with one attached hydrogen (secondary N) is 1. The molecule has 3 heteroatoms. The van der Waals surface area contributed by atoms with Crippen molar-refractivity contribution >= 4 is 0 Å². The third kappa shape index (κ3) is 5.71. The molecule has 0 amide bonds. The minimum atomic E-state index is 0.367. The van der Waals surface area contributed by atoms with Gasteiger partial charge in [0, 0.05) is 19.7 Å². The molecule has 0 spiro atoms. The summed E-state index contributed by atoms with van der Waals surface area (Å²) in [5, 5.41) is 3.33. The lowest BCUT2D eigenvalue weighted by Crippen LogP contribution is -2.33. The van der Waals surface area contributed by atoms with Gasteiger partial charge in [-0.2, -0.15) is 0 Å². The second-order valence-electron chi connectivity index (χ2n) is 4.16. The molecule has 17 heavy (non-hydrogen) atoms. The molecule has 1 unspecified atom stereocenters. The first kappa shape index (κ1) is 14.0. The summed E-state index contributed by atoms with van der Waals surface area (Å²) >= 11 is 0. The highest BCUT2D eigenvalue weighted by molar-refractivity contribution is 5.27. The van der Waals surface area contributed by atoms with Crippen LogP contribution in [0.4, 0.5) is 0 Å². The molecule has 96 valence electrons. The molecule has 0 aliphatic rings. The van der Waals surface area contributed by atoms with Crippen LogP contribution in [0.5, 0.6) is 5.75 Å². The Morgan fingerprint density at radius 3 is 2.53 bits per heavy atom. The first-order valence-corrected chi connectivity index (χ1v) is 6.20. The van der Waals surface area contributed by atoms with Crippen LogP contribution in [0.3, 0.4) is 0 Å². The van der Waals surface area contributed by atoms with Crippen molar-refractivity contribution in [1.29, 1.82) is 0 Å². The number of aryl methyl sites for hydroxylation is 1. The molecule has 0 aliphatic carbocycles. The second kappa shape index (κ2) is 8.09. The molecule has 0 aliphatic heterocycles. The largest absolute Gasteiger partial charge is 0.492 e. The Balaban J connectivity index is 2.17. The lowest BCUT2D eigenvalue weighted by atomic mass is 10.2. The van der Waals surface area contributed by atoms with Gasteiger partial charge in [-0.3, -0.25) is 0 Å². The van der Waals surface area contributed by atoms with Crippen molar-refractivity contribution in [3.05, 3.63) is 29.8 Å². The smallest absolute Gasteiger partial charge is 0.119 e. The highest BCUT2D eigenvalue weighted by atomic mass is 16.5. The van der Waals surface area contributed by atoms with E-state index in [4.69, 9.17) is 9.47 Å². The number of benzene rings is 1. The summed E-state index contributed by atoms with van der Waals surface area (Å²) in [5.74, 6) is 0.934. The van der Waals surface area contributed by atoms with Gasteiger partial charge in [0.05, 0.1) is 6.61 Å². The third-order valence-corrected chi connectivity index (χ3v) is 2.61. The molecule has 0 fully saturated rings. The fourth-order valence-electron chi connectivity index (χ4n) is 1.60. The number of methoxy groups -OCH3 is 1. The van der Waals surface area contributed by atoms with Crippen molar-refractivity contribution < 1.29 is 9.47 Å². The van der Waals surface area contributed by atoms with E-state index in [1.165, 1.54) is 5.56 Å². The molecule has 0 saturated carbocycles. The fourth-order valence-corrected chi connectivity index (χ4v) is 1.60. The third-order valence-electron chi connectivity index (χ3n) is 2.61. The van der Waals surface area contributed by atoms with Crippen LogP contribution in [0.1, 0.15) is 19.4 Å². The second-order valence-corrected chi connectivity index (χ2v) is 4.16. The summed E-state index contributed by atoms with van der Waals surface area (Å²) in [6, 6.07) is 8.63. The van der Waals surface area contributed by atoms with Crippen LogP contribution in [-0.4, -0.2) is 32.9 Å². The summed E-state index contributed by atoms with van der Waals surface area (Å²) in [7, 11) is 1.71. The summed E-state index contributed by atoms with van der Waals surface area (Å²) < 4.78 is 10.7. The van der Waals surface area contributed by atoms with E-state index in [1.54, 1.807) is 7.11 Å². The minimum absolute atomic E-state index is 0.367. The minimum Gasteiger partial charge on any atom is -0.492 e. The molecule has 1 aromatic carbocycles. The Hall–Kier alpha value is -1.06. The van der Waals surface area contributed by atoms with E-state index in [0.29, 0.717) is 12.6 Å². The van der Waals surface area contributed by atoms with Crippen LogP contribution in [-0.2, 0) is 11.2 Å². The van der Waals surface area contributed by atoms with Gasteiger partial charge in [-0.1, -0.05) is 19.1 Å². The van der Waals surface area contributed by atoms with E-state index in [9.17, 15) is 0 Å². The van der Waals surface area contributed by atoms with Crippen molar-refractivity contribution in [3.8, 4) is 5.75 Å². The average Bonchev–Trinajstić information content (AvgIpc) is 2.36. The SMILES string of the molecule is CCc1ccc(OCCNC(C)COC)cc1. The molecule has 0 aromatic heterocycles. The number of rotatable bonds is 8. The van der Waals surface area contributed by atoms with Crippen molar-refractivity contribution in [3.63, 3.8) is 0 Å². The van der Waals surface area contributed by atoms with Gasteiger partial charge in [-0.25, -0.2) is 0 Å². The topological polar surface area (TPSA) is 30.5 Å². The van der Waals surface area contributed by atoms with Crippen LogP contribution < -0.4 is 10.1 Å². The van der Waals surface area contributed by atoms with Gasteiger partial charge in [-0.15, -0.1) is 0 Å². The van der Waals surface area contributed by atoms with Gasteiger partial charge >= 0.3 is 0 Å². The lowest BCUT2D eigenvalue weighted by Gasteiger charge is -2.13. The van der Waals surface area contributed by atoms with Crippen LogP contribution in [0.2, 0.25) is 0 Å². The van der Waals surface area contributed by atoms with E-state index in [-0.39, 0.29) is 0 Å². The lowest BCUT2D eigenvalue weighted by molar-refractivity contribution is 0.169. The zero-order valence-corrected chi connectivity index (χ0v) is 11.0. The van der Waals surface area contributed by atoms with Crippen LogP contribution in [0.25, 0.3) is 0 Å². The van der Waals surface area contributed by atoms with Crippen LogP contribution in [0.15, 0.2) is 24.3 Å². The summed E-state index contributed by atoms with van der Waals surface area (Å²) in [6.07, 6.45) is 1.07.